The van der Waals surface area contributed by atoms with Crippen LogP contribution >= 0.6 is 27.7 Å². The molecule has 0 aliphatic rings. The van der Waals surface area contributed by atoms with Crippen LogP contribution in [0.1, 0.15) is 25.8 Å². The Hall–Kier alpha value is -0.520. The molecule has 5 heteroatoms. The average Bonchev–Trinajstić information content (AvgIpc) is 2.37. The third kappa shape index (κ3) is 6.45. The molecular formula is C14H20BrNO2S. The van der Waals surface area contributed by atoms with Gasteiger partial charge in [-0.3, -0.25) is 4.79 Å². The molecule has 106 valence electrons. The monoisotopic (exact) mass is 345 g/mol. The van der Waals surface area contributed by atoms with Crippen LogP contribution in [0.5, 0.6) is 0 Å². The topological polar surface area (TPSA) is 38.3 Å². The van der Waals surface area contributed by atoms with Gasteiger partial charge in [0.1, 0.15) is 0 Å². The molecule has 0 saturated heterocycles. The summed E-state index contributed by atoms with van der Waals surface area (Å²) in [7, 11) is 1.42. The Kier molecular flexibility index (Phi) is 7.49. The van der Waals surface area contributed by atoms with Gasteiger partial charge in [0.05, 0.1) is 13.5 Å². The molecule has 1 N–H and O–H groups in total. The zero-order valence-corrected chi connectivity index (χ0v) is 13.9. The van der Waals surface area contributed by atoms with Crippen LogP contribution in [0, 0.1) is 0 Å². The van der Waals surface area contributed by atoms with Gasteiger partial charge in [-0.25, -0.2) is 0 Å². The third-order valence-electron chi connectivity index (χ3n) is 2.53. The lowest BCUT2D eigenvalue weighted by Gasteiger charge is -2.11. The summed E-state index contributed by atoms with van der Waals surface area (Å²) in [5.74, 6) is 0.576. The molecule has 1 rings (SSSR count). The van der Waals surface area contributed by atoms with Crippen molar-refractivity contribution in [1.82, 2.24) is 5.32 Å². The molecule has 0 saturated carbocycles. The van der Waals surface area contributed by atoms with Gasteiger partial charge in [0.25, 0.3) is 0 Å². The number of thioether (sulfide) groups is 1. The van der Waals surface area contributed by atoms with Crippen LogP contribution < -0.4 is 5.32 Å². The highest BCUT2D eigenvalue weighted by atomic mass is 79.9. The Morgan fingerprint density at radius 1 is 1.47 bits per heavy atom. The van der Waals surface area contributed by atoms with E-state index in [1.54, 1.807) is 11.8 Å². The molecule has 0 heterocycles. The van der Waals surface area contributed by atoms with Gasteiger partial charge in [-0.15, -0.1) is 11.8 Å². The molecular weight excluding hydrogens is 326 g/mol. The highest BCUT2D eigenvalue weighted by molar-refractivity contribution is 9.10. The normalized spacial score (nSPS) is 10.8. The van der Waals surface area contributed by atoms with Crippen LogP contribution in [0.3, 0.4) is 0 Å². The van der Waals surface area contributed by atoms with E-state index in [9.17, 15) is 4.79 Å². The molecule has 0 fully saturated rings. The SMILES string of the molecule is COC(=O)CCSc1ccc(CNC(C)C)c(Br)c1. The Labute approximate surface area is 127 Å². The lowest BCUT2D eigenvalue weighted by molar-refractivity contribution is -0.140. The summed E-state index contributed by atoms with van der Waals surface area (Å²) in [5.41, 5.74) is 1.24. The Morgan fingerprint density at radius 3 is 2.79 bits per heavy atom. The van der Waals surface area contributed by atoms with Gasteiger partial charge >= 0.3 is 5.97 Å². The van der Waals surface area contributed by atoms with Crippen molar-refractivity contribution in [3.05, 3.63) is 28.2 Å². The smallest absolute Gasteiger partial charge is 0.306 e. The first-order chi connectivity index (χ1) is 9.02. The summed E-state index contributed by atoms with van der Waals surface area (Å²) in [5, 5.41) is 3.39. The van der Waals surface area contributed by atoms with Crippen molar-refractivity contribution in [2.24, 2.45) is 0 Å². The molecule has 0 aromatic heterocycles. The molecule has 0 radical (unpaired) electrons. The van der Waals surface area contributed by atoms with Crippen LogP contribution in [-0.2, 0) is 16.1 Å². The minimum absolute atomic E-state index is 0.163. The Balaban J connectivity index is 2.49. The number of ether oxygens (including phenoxy) is 1. The van der Waals surface area contributed by atoms with E-state index in [0.717, 1.165) is 21.7 Å². The predicted octanol–water partition coefficient (Wildman–Crippen LogP) is 3.60. The molecule has 1 aromatic carbocycles. The van der Waals surface area contributed by atoms with Gasteiger partial charge in [0, 0.05) is 27.7 Å². The standard InChI is InChI=1S/C14H20BrNO2S/c1-10(2)16-9-11-4-5-12(8-13(11)15)19-7-6-14(17)18-3/h4-5,8,10,16H,6-7,9H2,1-3H3. The fourth-order valence-corrected chi connectivity index (χ4v) is 2.97. The summed E-state index contributed by atoms with van der Waals surface area (Å²) in [6, 6.07) is 6.77. The minimum Gasteiger partial charge on any atom is -0.469 e. The molecule has 0 bridgehead atoms. The summed E-state index contributed by atoms with van der Waals surface area (Å²) >= 11 is 5.25. The van der Waals surface area contributed by atoms with E-state index < -0.39 is 0 Å². The first-order valence-electron chi connectivity index (χ1n) is 6.24. The first kappa shape index (κ1) is 16.5. The van der Waals surface area contributed by atoms with Crippen molar-refractivity contribution in [3.63, 3.8) is 0 Å². The van der Waals surface area contributed by atoms with Crippen LogP contribution in [0.2, 0.25) is 0 Å². The highest BCUT2D eigenvalue weighted by Gasteiger charge is 2.05. The number of benzene rings is 1. The number of hydrogen-bond acceptors (Lipinski definition) is 4. The summed E-state index contributed by atoms with van der Waals surface area (Å²) in [6.07, 6.45) is 0.440. The summed E-state index contributed by atoms with van der Waals surface area (Å²) in [6.45, 7) is 5.11. The zero-order chi connectivity index (χ0) is 14.3. The van der Waals surface area contributed by atoms with Gasteiger partial charge in [0.15, 0.2) is 0 Å². The maximum atomic E-state index is 11.0. The van der Waals surface area contributed by atoms with Crippen molar-refractivity contribution >= 4 is 33.7 Å². The maximum Gasteiger partial charge on any atom is 0.306 e. The Bertz CT molecular complexity index is 424. The quantitative estimate of drug-likeness (QED) is 0.605. The van der Waals surface area contributed by atoms with E-state index in [2.05, 4.69) is 58.0 Å². The number of methoxy groups -OCH3 is 1. The van der Waals surface area contributed by atoms with E-state index in [0.29, 0.717) is 12.5 Å². The van der Waals surface area contributed by atoms with E-state index in [1.165, 1.54) is 12.7 Å². The van der Waals surface area contributed by atoms with Gasteiger partial charge in [-0.1, -0.05) is 35.8 Å². The van der Waals surface area contributed by atoms with Crippen LogP contribution in [0.15, 0.2) is 27.6 Å². The molecule has 19 heavy (non-hydrogen) atoms. The minimum atomic E-state index is -0.163. The molecule has 0 spiro atoms. The third-order valence-corrected chi connectivity index (χ3v) is 4.26. The molecule has 0 unspecified atom stereocenters. The second-order valence-corrected chi connectivity index (χ2v) is 6.49. The van der Waals surface area contributed by atoms with Crippen molar-refractivity contribution in [2.45, 2.75) is 37.8 Å². The number of esters is 1. The number of hydrogen-bond donors (Lipinski definition) is 1. The fraction of sp³-hybridized carbons (Fsp3) is 0.500. The van der Waals surface area contributed by atoms with E-state index in [4.69, 9.17) is 0 Å². The number of rotatable bonds is 7. The molecule has 1 aromatic rings. The lowest BCUT2D eigenvalue weighted by Crippen LogP contribution is -2.21. The fourth-order valence-electron chi connectivity index (χ4n) is 1.43. The summed E-state index contributed by atoms with van der Waals surface area (Å²) < 4.78 is 5.72. The molecule has 0 aliphatic heterocycles. The van der Waals surface area contributed by atoms with Gasteiger partial charge in [-0.2, -0.15) is 0 Å². The number of carbonyl (C=O) groups is 1. The largest absolute Gasteiger partial charge is 0.469 e. The van der Waals surface area contributed by atoms with Crippen molar-refractivity contribution < 1.29 is 9.53 Å². The van der Waals surface area contributed by atoms with Gasteiger partial charge < -0.3 is 10.1 Å². The first-order valence-corrected chi connectivity index (χ1v) is 8.02. The van der Waals surface area contributed by atoms with Crippen LogP contribution in [-0.4, -0.2) is 24.9 Å². The second kappa shape index (κ2) is 8.61. The van der Waals surface area contributed by atoms with E-state index >= 15 is 0 Å². The van der Waals surface area contributed by atoms with Gasteiger partial charge in [-0.05, 0) is 17.7 Å². The highest BCUT2D eigenvalue weighted by Crippen LogP contribution is 2.26. The number of halogens is 1. The number of nitrogens with one attached hydrogen (secondary N) is 1. The maximum absolute atomic E-state index is 11.0. The van der Waals surface area contributed by atoms with Crippen LogP contribution in [0.4, 0.5) is 0 Å². The van der Waals surface area contributed by atoms with Crippen molar-refractivity contribution in [3.8, 4) is 0 Å². The lowest BCUT2D eigenvalue weighted by atomic mass is 10.2. The number of carbonyl (C=O) groups excluding carboxylic acids is 1. The molecule has 0 atom stereocenters. The van der Waals surface area contributed by atoms with Crippen LogP contribution in [0.25, 0.3) is 0 Å². The second-order valence-electron chi connectivity index (χ2n) is 4.46. The van der Waals surface area contributed by atoms with Crippen molar-refractivity contribution in [1.29, 1.82) is 0 Å². The predicted molar refractivity (Wildman–Crippen MR) is 83.5 cm³/mol. The van der Waals surface area contributed by atoms with E-state index in [-0.39, 0.29) is 5.97 Å². The Morgan fingerprint density at radius 2 is 2.21 bits per heavy atom. The van der Waals surface area contributed by atoms with Crippen molar-refractivity contribution in [2.75, 3.05) is 12.9 Å². The molecule has 0 aliphatic carbocycles. The molecule has 3 nitrogen and oxygen atoms in total. The van der Waals surface area contributed by atoms with E-state index in [1.807, 2.05) is 0 Å². The zero-order valence-electron chi connectivity index (χ0n) is 11.5. The molecule has 0 amide bonds. The van der Waals surface area contributed by atoms with Gasteiger partial charge in [0.2, 0.25) is 0 Å². The summed E-state index contributed by atoms with van der Waals surface area (Å²) in [4.78, 5) is 12.2. The average molecular weight is 346 g/mol.